The van der Waals surface area contributed by atoms with Gasteiger partial charge in [0, 0.05) is 23.8 Å². The van der Waals surface area contributed by atoms with Gasteiger partial charge in [0.1, 0.15) is 5.75 Å². The number of hydrogen-bond acceptors (Lipinski definition) is 7. The van der Waals surface area contributed by atoms with Gasteiger partial charge in [-0.3, -0.25) is 4.79 Å². The number of aromatic nitrogens is 2. The fraction of sp³-hybridized carbons (Fsp3) is 0.389. The Morgan fingerprint density at radius 3 is 2.39 bits per heavy atom. The molecule has 152 valence electrons. The lowest BCUT2D eigenvalue weighted by Crippen LogP contribution is -2.55. The van der Waals surface area contributed by atoms with E-state index in [1.165, 1.54) is 0 Å². The Hall–Kier alpha value is -2.23. The molecule has 0 spiro atoms. The molecule has 1 saturated heterocycles. The molecule has 3 rings (SSSR count). The number of benzene rings is 1. The summed E-state index contributed by atoms with van der Waals surface area (Å²) in [7, 11) is -3.55. The average molecular weight is 427 g/mol. The first-order valence-electron chi connectivity index (χ1n) is 8.59. The van der Waals surface area contributed by atoms with Crippen molar-refractivity contribution in [3.63, 3.8) is 0 Å². The number of sulfone groups is 1. The molecule has 2 aromatic rings. The van der Waals surface area contributed by atoms with Crippen LogP contribution in [0.1, 0.15) is 18.5 Å². The minimum Gasteiger partial charge on any atom is -0.424 e. The number of anilines is 1. The maximum atomic E-state index is 12.8. The predicted octanol–water partition coefficient (Wildman–Crippen LogP) is 2.10. The minimum atomic E-state index is -3.55. The van der Waals surface area contributed by atoms with Gasteiger partial charge in [-0.25, -0.2) is 18.4 Å². The van der Waals surface area contributed by atoms with Crippen LogP contribution in [0.25, 0.3) is 0 Å². The van der Waals surface area contributed by atoms with E-state index >= 15 is 0 Å². The predicted molar refractivity (Wildman–Crippen MR) is 109 cm³/mol. The number of amides is 1. The molecule has 0 saturated carbocycles. The van der Waals surface area contributed by atoms with Crippen LogP contribution in [0.5, 0.6) is 11.8 Å². The molecule has 0 atom stereocenters. The van der Waals surface area contributed by atoms with E-state index in [1.807, 2.05) is 6.92 Å². The molecule has 1 aliphatic rings. The number of nitrogens with one attached hydrogen (secondary N) is 2. The Morgan fingerprint density at radius 2 is 1.82 bits per heavy atom. The fourth-order valence-corrected chi connectivity index (χ4v) is 4.36. The van der Waals surface area contributed by atoms with Crippen molar-refractivity contribution < 1.29 is 17.9 Å². The third kappa shape index (κ3) is 4.78. The number of ether oxygens (including phenoxy) is 1. The van der Waals surface area contributed by atoms with Crippen molar-refractivity contribution in [2.75, 3.05) is 24.7 Å². The first-order valence-corrected chi connectivity index (χ1v) is 10.5. The molecule has 1 amide bonds. The number of halogens is 1. The molecule has 2 heterocycles. The summed E-state index contributed by atoms with van der Waals surface area (Å²) >= 11 is 0. The first-order chi connectivity index (χ1) is 12.8. The molecule has 0 unspecified atom stereocenters. The van der Waals surface area contributed by atoms with Gasteiger partial charge in [-0.05, 0) is 63.2 Å². The molecule has 1 aromatic heterocycles. The lowest BCUT2D eigenvalue weighted by Gasteiger charge is -2.34. The molecule has 0 radical (unpaired) electrons. The topological polar surface area (TPSA) is 110 Å². The summed E-state index contributed by atoms with van der Waals surface area (Å²) < 4.78 is 28.8. The Kier molecular flexibility index (Phi) is 6.97. The second-order valence-electron chi connectivity index (χ2n) is 6.58. The van der Waals surface area contributed by atoms with E-state index in [1.54, 1.807) is 36.5 Å². The van der Waals surface area contributed by atoms with Gasteiger partial charge in [-0.15, -0.1) is 12.4 Å². The fourth-order valence-electron chi connectivity index (χ4n) is 3.03. The Labute approximate surface area is 170 Å². The minimum absolute atomic E-state index is 0. The van der Waals surface area contributed by atoms with Gasteiger partial charge >= 0.3 is 6.01 Å². The van der Waals surface area contributed by atoms with Crippen molar-refractivity contribution in [2.45, 2.75) is 24.5 Å². The molecule has 2 N–H and O–H groups in total. The third-order valence-corrected chi connectivity index (χ3v) is 6.64. The van der Waals surface area contributed by atoms with Crippen molar-refractivity contribution >= 4 is 33.8 Å². The summed E-state index contributed by atoms with van der Waals surface area (Å²) in [6, 6.07) is 8.63. The van der Waals surface area contributed by atoms with Crippen molar-refractivity contribution in [3.05, 3.63) is 42.2 Å². The van der Waals surface area contributed by atoms with Gasteiger partial charge < -0.3 is 15.4 Å². The number of hydrogen-bond donors (Lipinski definition) is 2. The summed E-state index contributed by atoms with van der Waals surface area (Å²) in [6.45, 7) is 2.82. The van der Waals surface area contributed by atoms with Gasteiger partial charge in [0.2, 0.25) is 5.91 Å². The highest BCUT2D eigenvalue weighted by molar-refractivity contribution is 7.92. The molecule has 1 aromatic carbocycles. The molecule has 1 aliphatic heterocycles. The van der Waals surface area contributed by atoms with Crippen LogP contribution in [-0.4, -0.2) is 48.4 Å². The number of piperidine rings is 1. The van der Waals surface area contributed by atoms with E-state index in [0.717, 1.165) is 11.9 Å². The van der Waals surface area contributed by atoms with Crippen LogP contribution in [0, 0.1) is 6.92 Å². The Morgan fingerprint density at radius 1 is 1.18 bits per heavy atom. The lowest BCUT2D eigenvalue weighted by molar-refractivity contribution is -0.119. The smallest absolute Gasteiger partial charge is 0.322 e. The Bertz CT molecular complexity index is 929. The van der Waals surface area contributed by atoms with Gasteiger partial charge in [0.05, 0.1) is 0 Å². The monoisotopic (exact) mass is 426 g/mol. The maximum absolute atomic E-state index is 12.8. The highest BCUT2D eigenvalue weighted by atomic mass is 35.5. The number of nitrogens with zero attached hydrogens (tertiary/aromatic N) is 2. The van der Waals surface area contributed by atoms with Gasteiger partial charge in [-0.1, -0.05) is 0 Å². The van der Waals surface area contributed by atoms with E-state index in [0.29, 0.717) is 24.5 Å². The highest BCUT2D eigenvalue weighted by Crippen LogP contribution is 2.30. The Balaban J connectivity index is 0.00000280. The molecule has 8 nitrogen and oxygen atoms in total. The number of carbonyl (C=O) groups is 1. The van der Waals surface area contributed by atoms with Gasteiger partial charge in [0.25, 0.3) is 0 Å². The van der Waals surface area contributed by atoms with Gasteiger partial charge in [-0.2, -0.15) is 0 Å². The SMILES string of the molecule is Cc1ccnc(Oc2ccc(NC(=O)C3(S(C)(=O)=O)CCNCC3)cc2)n1.Cl. The number of carbonyl (C=O) groups excluding carboxylic acids is 1. The molecule has 0 bridgehead atoms. The number of rotatable bonds is 5. The zero-order valence-corrected chi connectivity index (χ0v) is 17.3. The molecule has 1 fully saturated rings. The van der Waals surface area contributed by atoms with Crippen LogP contribution in [0.15, 0.2) is 36.5 Å². The maximum Gasteiger partial charge on any atom is 0.322 e. The second-order valence-corrected chi connectivity index (χ2v) is 8.90. The van der Waals surface area contributed by atoms with Crippen LogP contribution in [-0.2, 0) is 14.6 Å². The molecular weight excluding hydrogens is 404 g/mol. The van der Waals surface area contributed by atoms with Crippen LogP contribution >= 0.6 is 12.4 Å². The quantitative estimate of drug-likeness (QED) is 0.753. The summed E-state index contributed by atoms with van der Waals surface area (Å²) in [5.74, 6) is 0.0143. The highest BCUT2D eigenvalue weighted by Gasteiger charge is 2.48. The summed E-state index contributed by atoms with van der Waals surface area (Å²) in [5.41, 5.74) is 1.29. The van der Waals surface area contributed by atoms with Crippen LogP contribution < -0.4 is 15.4 Å². The molecular formula is C18H23ClN4O4S. The van der Waals surface area contributed by atoms with Crippen LogP contribution in [0.3, 0.4) is 0 Å². The summed E-state index contributed by atoms with van der Waals surface area (Å²) in [6.07, 6.45) is 3.24. The molecule has 10 heteroatoms. The summed E-state index contributed by atoms with van der Waals surface area (Å²) in [4.78, 5) is 21.0. The standard InChI is InChI=1S/C18H22N4O4S.ClH/c1-13-7-10-20-17(21-13)26-15-5-3-14(4-6-15)22-16(23)18(27(2,24)25)8-11-19-12-9-18;/h3-7,10,19H,8-9,11-12H2,1-2H3,(H,22,23);1H. The largest absolute Gasteiger partial charge is 0.424 e. The van der Waals surface area contributed by atoms with Crippen molar-refractivity contribution in [3.8, 4) is 11.8 Å². The van der Waals surface area contributed by atoms with Crippen LogP contribution in [0.2, 0.25) is 0 Å². The zero-order valence-electron chi connectivity index (χ0n) is 15.6. The van der Waals surface area contributed by atoms with E-state index in [9.17, 15) is 13.2 Å². The third-order valence-electron chi connectivity index (χ3n) is 4.63. The summed E-state index contributed by atoms with van der Waals surface area (Å²) in [5, 5.41) is 5.82. The molecule has 0 aliphatic carbocycles. The van der Waals surface area contributed by atoms with E-state index in [-0.39, 0.29) is 31.3 Å². The van der Waals surface area contributed by atoms with Crippen LogP contribution in [0.4, 0.5) is 5.69 Å². The van der Waals surface area contributed by atoms with Crippen molar-refractivity contribution in [2.24, 2.45) is 0 Å². The van der Waals surface area contributed by atoms with Crippen molar-refractivity contribution in [1.29, 1.82) is 0 Å². The second kappa shape index (κ2) is 8.85. The zero-order chi connectivity index (χ0) is 19.5. The van der Waals surface area contributed by atoms with Crippen molar-refractivity contribution in [1.82, 2.24) is 15.3 Å². The lowest BCUT2D eigenvalue weighted by atomic mass is 9.95. The van der Waals surface area contributed by atoms with E-state index < -0.39 is 20.5 Å². The first kappa shape index (κ1) is 22.1. The van der Waals surface area contributed by atoms with E-state index in [2.05, 4.69) is 20.6 Å². The van der Waals surface area contributed by atoms with E-state index in [4.69, 9.17) is 4.74 Å². The van der Waals surface area contributed by atoms with Gasteiger partial charge in [0.15, 0.2) is 14.6 Å². The average Bonchev–Trinajstić information content (AvgIpc) is 2.63. The number of aryl methyl sites for hydroxylation is 1. The molecule has 28 heavy (non-hydrogen) atoms. The normalized spacial score (nSPS) is 15.9.